The molecule has 2 rings (SSSR count). The van der Waals surface area contributed by atoms with Gasteiger partial charge in [-0.1, -0.05) is 26.0 Å². The first-order chi connectivity index (χ1) is 10.0. The van der Waals surface area contributed by atoms with Gasteiger partial charge in [-0.3, -0.25) is 14.9 Å². The lowest BCUT2D eigenvalue weighted by Gasteiger charge is -2.38. The fraction of sp³-hybridized carbons (Fsp3) is 0.333. The van der Waals surface area contributed by atoms with Crippen LogP contribution in [0.25, 0.3) is 0 Å². The largest absolute Gasteiger partial charge is 0.335 e. The SMILES string of the molecule is CCC1(CC)C(=O)NC(=O)N(c2ccccc2C#N)C1=O. The number of nitrogens with one attached hydrogen (secondary N) is 1. The quantitative estimate of drug-likeness (QED) is 0.859. The van der Waals surface area contributed by atoms with Gasteiger partial charge in [0.05, 0.1) is 11.3 Å². The molecular weight excluding hydrogens is 270 g/mol. The molecule has 1 saturated heterocycles. The summed E-state index contributed by atoms with van der Waals surface area (Å²) in [5, 5.41) is 11.4. The fourth-order valence-corrected chi connectivity index (χ4v) is 2.53. The number of nitriles is 1. The van der Waals surface area contributed by atoms with Gasteiger partial charge in [0.1, 0.15) is 11.5 Å². The molecule has 0 unspecified atom stereocenters. The van der Waals surface area contributed by atoms with Gasteiger partial charge in [0.15, 0.2) is 0 Å². The van der Waals surface area contributed by atoms with Gasteiger partial charge >= 0.3 is 6.03 Å². The Labute approximate surface area is 122 Å². The second kappa shape index (κ2) is 5.37. The Morgan fingerprint density at radius 3 is 2.38 bits per heavy atom. The maximum atomic E-state index is 12.7. The molecule has 0 aromatic heterocycles. The van der Waals surface area contributed by atoms with Crippen LogP contribution in [0.5, 0.6) is 0 Å². The maximum Gasteiger partial charge on any atom is 0.335 e. The number of carbonyl (C=O) groups excluding carboxylic acids is 3. The monoisotopic (exact) mass is 285 g/mol. The van der Waals surface area contributed by atoms with Crippen molar-refractivity contribution in [2.24, 2.45) is 5.41 Å². The lowest BCUT2D eigenvalue weighted by molar-refractivity contribution is -0.143. The summed E-state index contributed by atoms with van der Waals surface area (Å²) in [7, 11) is 0. The van der Waals surface area contributed by atoms with Crippen molar-refractivity contribution in [3.63, 3.8) is 0 Å². The van der Waals surface area contributed by atoms with Crippen molar-refractivity contribution in [2.45, 2.75) is 26.7 Å². The Hall–Kier alpha value is -2.68. The Kier molecular flexibility index (Phi) is 3.76. The molecule has 6 nitrogen and oxygen atoms in total. The molecule has 6 heteroatoms. The lowest BCUT2D eigenvalue weighted by atomic mass is 9.78. The van der Waals surface area contributed by atoms with Crippen molar-refractivity contribution in [3.8, 4) is 6.07 Å². The summed E-state index contributed by atoms with van der Waals surface area (Å²) in [4.78, 5) is 37.8. The van der Waals surface area contributed by atoms with Crippen LogP contribution in [0, 0.1) is 16.7 Å². The van der Waals surface area contributed by atoms with Crippen LogP contribution in [-0.2, 0) is 9.59 Å². The number of imide groups is 2. The van der Waals surface area contributed by atoms with Crippen molar-refractivity contribution >= 4 is 23.5 Å². The zero-order chi connectivity index (χ0) is 15.6. The first kappa shape index (κ1) is 14.7. The van der Waals surface area contributed by atoms with Crippen LogP contribution in [0.2, 0.25) is 0 Å². The van der Waals surface area contributed by atoms with Crippen LogP contribution in [0.1, 0.15) is 32.3 Å². The minimum Gasteiger partial charge on any atom is -0.276 e. The van der Waals surface area contributed by atoms with E-state index in [0.717, 1.165) is 4.90 Å². The van der Waals surface area contributed by atoms with Crippen molar-refractivity contribution in [1.82, 2.24) is 5.32 Å². The highest BCUT2D eigenvalue weighted by atomic mass is 16.2. The molecule has 0 aliphatic carbocycles. The molecule has 108 valence electrons. The standard InChI is InChI=1S/C15H15N3O3/c1-3-15(4-2)12(19)17-14(21)18(13(15)20)11-8-6-5-7-10(11)9-16/h5-8H,3-4H2,1-2H3,(H,17,19,21). The second-order valence-corrected chi connectivity index (χ2v) is 4.82. The van der Waals surface area contributed by atoms with Gasteiger partial charge in [0.25, 0.3) is 5.91 Å². The number of urea groups is 1. The van der Waals surface area contributed by atoms with Crippen LogP contribution in [0.15, 0.2) is 24.3 Å². The van der Waals surface area contributed by atoms with E-state index in [2.05, 4.69) is 5.32 Å². The number of anilines is 1. The summed E-state index contributed by atoms with van der Waals surface area (Å²) >= 11 is 0. The Morgan fingerprint density at radius 1 is 1.19 bits per heavy atom. The molecule has 1 aliphatic heterocycles. The number of para-hydroxylation sites is 1. The van der Waals surface area contributed by atoms with Crippen LogP contribution >= 0.6 is 0 Å². The molecule has 1 N–H and O–H groups in total. The second-order valence-electron chi connectivity index (χ2n) is 4.82. The maximum absolute atomic E-state index is 12.7. The molecule has 1 aliphatic rings. The predicted octanol–water partition coefficient (Wildman–Crippen LogP) is 1.95. The average Bonchev–Trinajstić information content (AvgIpc) is 2.49. The average molecular weight is 285 g/mol. The zero-order valence-corrected chi connectivity index (χ0v) is 11.8. The van der Waals surface area contributed by atoms with E-state index in [1.165, 1.54) is 12.1 Å². The Balaban J connectivity index is 2.58. The Bertz CT molecular complexity index is 656. The highest BCUT2D eigenvalue weighted by Gasteiger charge is 2.52. The first-order valence-corrected chi connectivity index (χ1v) is 6.71. The van der Waals surface area contributed by atoms with Gasteiger partial charge in [-0.05, 0) is 25.0 Å². The van der Waals surface area contributed by atoms with Crippen molar-refractivity contribution in [1.29, 1.82) is 5.26 Å². The van der Waals surface area contributed by atoms with E-state index in [0.29, 0.717) is 0 Å². The van der Waals surface area contributed by atoms with Gasteiger partial charge in [-0.2, -0.15) is 5.26 Å². The van der Waals surface area contributed by atoms with E-state index in [1.807, 2.05) is 6.07 Å². The van der Waals surface area contributed by atoms with Crippen LogP contribution in [0.3, 0.4) is 0 Å². The number of hydrogen-bond donors (Lipinski definition) is 1. The summed E-state index contributed by atoms with van der Waals surface area (Å²) in [6, 6.07) is 7.45. The fourth-order valence-electron chi connectivity index (χ4n) is 2.53. The van der Waals surface area contributed by atoms with Crippen LogP contribution in [0.4, 0.5) is 10.5 Å². The highest BCUT2D eigenvalue weighted by molar-refractivity contribution is 6.30. The zero-order valence-electron chi connectivity index (χ0n) is 11.8. The van der Waals surface area contributed by atoms with E-state index in [-0.39, 0.29) is 24.1 Å². The summed E-state index contributed by atoms with van der Waals surface area (Å²) in [6.45, 7) is 3.45. The molecule has 0 radical (unpaired) electrons. The molecule has 1 aromatic carbocycles. The summed E-state index contributed by atoms with van der Waals surface area (Å²) in [5.41, 5.74) is -0.867. The van der Waals surface area contributed by atoms with Gasteiger partial charge in [0.2, 0.25) is 5.91 Å². The van der Waals surface area contributed by atoms with E-state index in [1.54, 1.807) is 26.0 Å². The Morgan fingerprint density at radius 2 is 1.81 bits per heavy atom. The number of carbonyl (C=O) groups is 3. The van der Waals surface area contributed by atoms with Crippen molar-refractivity contribution in [2.75, 3.05) is 4.90 Å². The molecule has 1 aromatic rings. The summed E-state index contributed by atoms with van der Waals surface area (Å²) in [5.74, 6) is -1.16. The smallest absolute Gasteiger partial charge is 0.276 e. The van der Waals surface area contributed by atoms with E-state index in [4.69, 9.17) is 5.26 Å². The highest BCUT2D eigenvalue weighted by Crippen LogP contribution is 2.35. The first-order valence-electron chi connectivity index (χ1n) is 6.71. The molecular formula is C15H15N3O3. The molecule has 0 spiro atoms. The number of barbiturate groups is 1. The molecule has 0 saturated carbocycles. The third-order valence-electron chi connectivity index (χ3n) is 3.94. The van der Waals surface area contributed by atoms with Gasteiger partial charge in [0, 0.05) is 0 Å². The number of hydrogen-bond acceptors (Lipinski definition) is 4. The van der Waals surface area contributed by atoms with E-state index in [9.17, 15) is 14.4 Å². The number of benzene rings is 1. The molecule has 21 heavy (non-hydrogen) atoms. The number of amides is 4. The third kappa shape index (κ3) is 2.07. The van der Waals surface area contributed by atoms with Crippen molar-refractivity contribution < 1.29 is 14.4 Å². The summed E-state index contributed by atoms with van der Waals surface area (Å²) < 4.78 is 0. The van der Waals surface area contributed by atoms with Gasteiger partial charge in [-0.25, -0.2) is 9.69 Å². The van der Waals surface area contributed by atoms with Crippen LogP contribution in [-0.4, -0.2) is 17.8 Å². The minimum absolute atomic E-state index is 0.196. The van der Waals surface area contributed by atoms with Gasteiger partial charge in [-0.15, -0.1) is 0 Å². The van der Waals surface area contributed by atoms with Crippen LogP contribution < -0.4 is 10.2 Å². The van der Waals surface area contributed by atoms with E-state index < -0.39 is 23.3 Å². The molecule has 0 bridgehead atoms. The predicted molar refractivity (Wildman–Crippen MR) is 75.2 cm³/mol. The summed E-state index contributed by atoms with van der Waals surface area (Å²) in [6.07, 6.45) is 0.569. The van der Waals surface area contributed by atoms with E-state index >= 15 is 0 Å². The molecule has 0 atom stereocenters. The van der Waals surface area contributed by atoms with Gasteiger partial charge < -0.3 is 0 Å². The lowest BCUT2D eigenvalue weighted by Crippen LogP contribution is -2.64. The van der Waals surface area contributed by atoms with Crippen molar-refractivity contribution in [3.05, 3.63) is 29.8 Å². The molecule has 1 heterocycles. The normalized spacial score (nSPS) is 17.4. The number of rotatable bonds is 3. The molecule has 4 amide bonds. The topological polar surface area (TPSA) is 90.3 Å². The minimum atomic E-state index is -1.27. The third-order valence-corrected chi connectivity index (χ3v) is 3.94. The number of nitrogens with zero attached hydrogens (tertiary/aromatic N) is 2. The molecule has 1 fully saturated rings.